The predicted molar refractivity (Wildman–Crippen MR) is 133 cm³/mol. The Bertz CT molecular complexity index is 1000. The van der Waals surface area contributed by atoms with E-state index in [1.807, 2.05) is 24.4 Å². The predicted octanol–water partition coefficient (Wildman–Crippen LogP) is 4.48. The zero-order valence-electron chi connectivity index (χ0n) is 20.1. The maximum atomic E-state index is 5.52. The average Bonchev–Trinajstić information content (AvgIpc) is 3.31. The van der Waals surface area contributed by atoms with E-state index >= 15 is 0 Å². The molecule has 0 radical (unpaired) electrons. The highest BCUT2D eigenvalue weighted by Crippen LogP contribution is 2.26. The van der Waals surface area contributed by atoms with Crippen molar-refractivity contribution in [3.63, 3.8) is 0 Å². The van der Waals surface area contributed by atoms with Crippen LogP contribution in [0.1, 0.15) is 24.0 Å². The molecule has 1 unspecified atom stereocenters. The Morgan fingerprint density at radius 1 is 1.06 bits per heavy atom. The first-order valence-corrected chi connectivity index (χ1v) is 11.9. The Morgan fingerprint density at radius 2 is 1.88 bits per heavy atom. The summed E-state index contributed by atoms with van der Waals surface area (Å²) in [5.74, 6) is 2.56. The molecule has 0 amide bonds. The Balaban J connectivity index is 1.30. The molecule has 4 rings (SSSR count). The highest BCUT2D eigenvalue weighted by molar-refractivity contribution is 5.63. The van der Waals surface area contributed by atoms with Crippen LogP contribution in [0.25, 0.3) is 11.3 Å². The third-order valence-corrected chi connectivity index (χ3v) is 6.60. The fourth-order valence-electron chi connectivity index (χ4n) is 4.93. The second kappa shape index (κ2) is 11.3. The largest absolute Gasteiger partial charge is 0.497 e. The maximum absolute atomic E-state index is 5.52. The van der Waals surface area contributed by atoms with Crippen molar-refractivity contribution < 1.29 is 9.47 Å². The molecule has 0 bridgehead atoms. The molecule has 1 fully saturated rings. The van der Waals surface area contributed by atoms with Crippen molar-refractivity contribution in [3.05, 3.63) is 65.9 Å². The van der Waals surface area contributed by atoms with Crippen LogP contribution in [0.5, 0.6) is 11.5 Å². The molecule has 6 nitrogen and oxygen atoms in total. The topological polar surface area (TPSA) is 53.6 Å². The summed E-state index contributed by atoms with van der Waals surface area (Å²) >= 11 is 0. The van der Waals surface area contributed by atoms with Gasteiger partial charge in [-0.2, -0.15) is 5.10 Å². The molecule has 0 spiro atoms. The molecule has 2 aromatic carbocycles. The number of para-hydroxylation sites is 1. The lowest BCUT2D eigenvalue weighted by Gasteiger charge is -2.34. The van der Waals surface area contributed by atoms with E-state index in [0.29, 0.717) is 5.92 Å². The zero-order chi connectivity index (χ0) is 23.0. The van der Waals surface area contributed by atoms with Crippen molar-refractivity contribution in [1.29, 1.82) is 0 Å². The van der Waals surface area contributed by atoms with Crippen molar-refractivity contribution in [2.45, 2.75) is 25.8 Å². The molecule has 2 heterocycles. The smallest absolute Gasteiger partial charge is 0.122 e. The standard InChI is InChI=1S/C27H36N4O2/c1-30(20-24-17-28-29-27(24)23-10-12-25(32-2)13-11-23)18-21-7-6-15-31(19-21)16-14-22-8-4-5-9-26(22)33-3/h4-5,8-13,17,21H,6-7,14-16,18-20H2,1-3H3,(H,28,29). The van der Waals surface area contributed by atoms with Crippen molar-refractivity contribution in [2.24, 2.45) is 5.92 Å². The van der Waals surface area contributed by atoms with Crippen LogP contribution in [0.2, 0.25) is 0 Å². The molecule has 176 valence electrons. The molecular formula is C27H36N4O2. The lowest BCUT2D eigenvalue weighted by molar-refractivity contribution is 0.142. The van der Waals surface area contributed by atoms with Crippen molar-refractivity contribution in [1.82, 2.24) is 20.0 Å². The Hall–Kier alpha value is -2.83. The first-order valence-electron chi connectivity index (χ1n) is 11.9. The summed E-state index contributed by atoms with van der Waals surface area (Å²) in [4.78, 5) is 5.06. The molecule has 1 aromatic heterocycles. The molecule has 1 N–H and O–H groups in total. The third-order valence-electron chi connectivity index (χ3n) is 6.60. The van der Waals surface area contributed by atoms with Crippen molar-refractivity contribution >= 4 is 0 Å². The molecule has 1 aliphatic rings. The van der Waals surface area contributed by atoms with Gasteiger partial charge in [0, 0.05) is 37.3 Å². The van der Waals surface area contributed by atoms with Gasteiger partial charge in [-0.15, -0.1) is 0 Å². The van der Waals surface area contributed by atoms with E-state index < -0.39 is 0 Å². The van der Waals surface area contributed by atoms with Crippen LogP contribution in [0.15, 0.2) is 54.7 Å². The fourth-order valence-corrected chi connectivity index (χ4v) is 4.93. The van der Waals surface area contributed by atoms with Gasteiger partial charge in [0.2, 0.25) is 0 Å². The van der Waals surface area contributed by atoms with Gasteiger partial charge in [0.1, 0.15) is 11.5 Å². The van der Waals surface area contributed by atoms with Gasteiger partial charge in [0.05, 0.1) is 26.1 Å². The van der Waals surface area contributed by atoms with Crippen molar-refractivity contribution in [3.8, 4) is 22.8 Å². The Kier molecular flexibility index (Phi) is 8.02. The minimum atomic E-state index is 0.692. The number of aromatic nitrogens is 2. The SMILES string of the molecule is COc1ccc(-c2[nH]ncc2CN(C)CC2CCCN(CCc3ccccc3OC)C2)cc1. The van der Waals surface area contributed by atoms with Gasteiger partial charge >= 0.3 is 0 Å². The van der Waals surface area contributed by atoms with E-state index in [-0.39, 0.29) is 0 Å². The lowest BCUT2D eigenvalue weighted by Crippen LogP contribution is -2.40. The first kappa shape index (κ1) is 23.3. The van der Waals surface area contributed by atoms with Crippen LogP contribution in [0.3, 0.4) is 0 Å². The first-order chi connectivity index (χ1) is 16.2. The average molecular weight is 449 g/mol. The summed E-state index contributed by atoms with van der Waals surface area (Å²) in [6.07, 6.45) is 5.56. The van der Waals surface area contributed by atoms with Crippen LogP contribution in [-0.2, 0) is 13.0 Å². The van der Waals surface area contributed by atoms with E-state index in [1.165, 1.54) is 30.5 Å². The molecule has 0 aliphatic carbocycles. The molecule has 0 saturated carbocycles. The fraction of sp³-hybridized carbons (Fsp3) is 0.444. The summed E-state index contributed by atoms with van der Waals surface area (Å²) in [6, 6.07) is 16.5. The highest BCUT2D eigenvalue weighted by Gasteiger charge is 2.22. The summed E-state index contributed by atoms with van der Waals surface area (Å²) in [5.41, 5.74) is 4.75. The van der Waals surface area contributed by atoms with Gasteiger partial charge in [-0.25, -0.2) is 0 Å². The van der Waals surface area contributed by atoms with Crippen LogP contribution in [-0.4, -0.2) is 67.4 Å². The van der Waals surface area contributed by atoms with Gasteiger partial charge in [0.25, 0.3) is 0 Å². The van der Waals surface area contributed by atoms with Crippen LogP contribution in [0.4, 0.5) is 0 Å². The molecule has 3 aromatic rings. The molecular weight excluding hydrogens is 412 g/mol. The second-order valence-electron chi connectivity index (χ2n) is 9.07. The number of nitrogens with one attached hydrogen (secondary N) is 1. The van der Waals surface area contributed by atoms with Gasteiger partial charge in [0.15, 0.2) is 0 Å². The number of likely N-dealkylation sites (tertiary alicyclic amines) is 1. The lowest BCUT2D eigenvalue weighted by atomic mass is 9.96. The van der Waals surface area contributed by atoms with E-state index in [0.717, 1.165) is 55.4 Å². The normalized spacial score (nSPS) is 16.8. The second-order valence-corrected chi connectivity index (χ2v) is 9.07. The molecule has 1 atom stereocenters. The monoisotopic (exact) mass is 448 g/mol. The van der Waals surface area contributed by atoms with Gasteiger partial charge in [-0.1, -0.05) is 18.2 Å². The summed E-state index contributed by atoms with van der Waals surface area (Å²) < 4.78 is 10.8. The van der Waals surface area contributed by atoms with E-state index in [2.05, 4.69) is 57.4 Å². The van der Waals surface area contributed by atoms with E-state index in [1.54, 1.807) is 14.2 Å². The van der Waals surface area contributed by atoms with Crippen LogP contribution < -0.4 is 9.47 Å². The van der Waals surface area contributed by atoms with Gasteiger partial charge in [-0.3, -0.25) is 5.10 Å². The summed E-state index contributed by atoms with van der Waals surface area (Å²) in [6.45, 7) is 5.42. The number of methoxy groups -OCH3 is 2. The Labute approximate surface area is 197 Å². The Morgan fingerprint density at radius 3 is 2.67 bits per heavy atom. The number of hydrogen-bond acceptors (Lipinski definition) is 5. The van der Waals surface area contributed by atoms with Gasteiger partial charge < -0.3 is 19.3 Å². The summed E-state index contributed by atoms with van der Waals surface area (Å²) in [5, 5.41) is 7.50. The molecule has 6 heteroatoms. The zero-order valence-corrected chi connectivity index (χ0v) is 20.1. The molecule has 1 saturated heterocycles. The minimum absolute atomic E-state index is 0.692. The number of ether oxygens (including phenoxy) is 2. The third kappa shape index (κ3) is 6.15. The summed E-state index contributed by atoms with van der Waals surface area (Å²) in [7, 11) is 5.67. The number of hydrogen-bond donors (Lipinski definition) is 1. The van der Waals surface area contributed by atoms with E-state index in [4.69, 9.17) is 9.47 Å². The molecule has 1 aliphatic heterocycles. The maximum Gasteiger partial charge on any atom is 0.122 e. The number of H-pyrrole nitrogens is 1. The number of benzene rings is 2. The number of nitrogens with zero attached hydrogens (tertiary/aromatic N) is 3. The highest BCUT2D eigenvalue weighted by atomic mass is 16.5. The number of rotatable bonds is 10. The van der Waals surface area contributed by atoms with Gasteiger partial charge in [-0.05, 0) is 74.7 Å². The van der Waals surface area contributed by atoms with Crippen LogP contribution in [0, 0.1) is 5.92 Å². The van der Waals surface area contributed by atoms with Crippen LogP contribution >= 0.6 is 0 Å². The van der Waals surface area contributed by atoms with Crippen molar-refractivity contribution in [2.75, 3.05) is 47.4 Å². The number of piperidine rings is 1. The molecule has 33 heavy (non-hydrogen) atoms. The number of aromatic amines is 1. The minimum Gasteiger partial charge on any atom is -0.497 e. The quantitative estimate of drug-likeness (QED) is 0.496. The van der Waals surface area contributed by atoms with E-state index in [9.17, 15) is 0 Å².